The van der Waals surface area contributed by atoms with Gasteiger partial charge in [0.1, 0.15) is 12.2 Å². The molecule has 132 valence electrons. The van der Waals surface area contributed by atoms with Crippen molar-refractivity contribution in [1.29, 1.82) is 0 Å². The van der Waals surface area contributed by atoms with Crippen LogP contribution in [0.2, 0.25) is 0 Å². The molecule has 1 heterocycles. The molecule has 0 saturated carbocycles. The Balaban J connectivity index is 1.73. The summed E-state index contributed by atoms with van der Waals surface area (Å²) in [7, 11) is 0. The number of esters is 1. The van der Waals surface area contributed by atoms with Crippen molar-refractivity contribution >= 4 is 12.1 Å². The van der Waals surface area contributed by atoms with Crippen LogP contribution in [-0.2, 0) is 14.2 Å². The van der Waals surface area contributed by atoms with E-state index >= 15 is 0 Å². The van der Waals surface area contributed by atoms with Crippen molar-refractivity contribution < 1.29 is 23.8 Å². The van der Waals surface area contributed by atoms with Crippen LogP contribution in [0.15, 0.2) is 24.3 Å². The largest absolute Gasteiger partial charge is 0.459 e. The summed E-state index contributed by atoms with van der Waals surface area (Å²) in [5.41, 5.74) is 1.07. The summed E-state index contributed by atoms with van der Waals surface area (Å²) >= 11 is 0. The van der Waals surface area contributed by atoms with Gasteiger partial charge >= 0.3 is 12.1 Å². The van der Waals surface area contributed by atoms with Gasteiger partial charge in [0.25, 0.3) is 0 Å². The Hall–Kier alpha value is -2.08. The highest BCUT2D eigenvalue weighted by Gasteiger charge is 2.29. The average Bonchev–Trinajstić information content (AvgIpc) is 2.91. The van der Waals surface area contributed by atoms with Gasteiger partial charge in [-0.3, -0.25) is 0 Å². The highest BCUT2D eigenvalue weighted by Crippen LogP contribution is 2.16. The molecule has 2 unspecified atom stereocenters. The van der Waals surface area contributed by atoms with Crippen LogP contribution in [0.5, 0.6) is 0 Å². The van der Waals surface area contributed by atoms with Crippen LogP contribution in [0.4, 0.5) is 4.79 Å². The Morgan fingerprint density at radius 1 is 1.25 bits per heavy atom. The Kier molecular flexibility index (Phi) is 5.83. The SMILES string of the molecule is Cc1ccc(C(=O)OCC2CC(NC(=O)OC(C)(C)C)CO2)cc1. The smallest absolute Gasteiger partial charge is 0.407 e. The Labute approximate surface area is 142 Å². The van der Waals surface area contributed by atoms with Crippen molar-refractivity contribution in [2.24, 2.45) is 0 Å². The number of carbonyl (C=O) groups is 2. The van der Waals surface area contributed by atoms with Crippen LogP contribution >= 0.6 is 0 Å². The van der Waals surface area contributed by atoms with Crippen molar-refractivity contribution in [2.75, 3.05) is 13.2 Å². The van der Waals surface area contributed by atoms with Gasteiger partial charge in [-0.15, -0.1) is 0 Å². The van der Waals surface area contributed by atoms with Gasteiger partial charge in [-0.2, -0.15) is 0 Å². The van der Waals surface area contributed by atoms with Crippen molar-refractivity contribution in [3.63, 3.8) is 0 Å². The molecule has 0 aliphatic carbocycles. The van der Waals surface area contributed by atoms with E-state index in [-0.39, 0.29) is 24.7 Å². The molecule has 1 aliphatic heterocycles. The zero-order chi connectivity index (χ0) is 17.7. The van der Waals surface area contributed by atoms with Crippen LogP contribution in [0, 0.1) is 6.92 Å². The quantitative estimate of drug-likeness (QED) is 0.857. The maximum absolute atomic E-state index is 12.0. The lowest BCUT2D eigenvalue weighted by atomic mass is 10.1. The number of ether oxygens (including phenoxy) is 3. The number of alkyl carbamates (subject to hydrolysis) is 1. The van der Waals surface area contributed by atoms with Crippen LogP contribution in [-0.4, -0.2) is 43.0 Å². The van der Waals surface area contributed by atoms with E-state index in [9.17, 15) is 9.59 Å². The molecule has 0 spiro atoms. The maximum atomic E-state index is 12.0. The second-order valence-corrected chi connectivity index (χ2v) is 7.00. The molecule has 0 bridgehead atoms. The monoisotopic (exact) mass is 335 g/mol. The summed E-state index contributed by atoms with van der Waals surface area (Å²) in [4.78, 5) is 23.7. The van der Waals surface area contributed by atoms with Crippen molar-refractivity contribution in [3.05, 3.63) is 35.4 Å². The van der Waals surface area contributed by atoms with Crippen LogP contribution in [0.1, 0.15) is 43.1 Å². The van der Waals surface area contributed by atoms with E-state index in [1.807, 2.05) is 39.8 Å². The number of benzene rings is 1. The van der Waals surface area contributed by atoms with Crippen molar-refractivity contribution in [1.82, 2.24) is 5.32 Å². The normalized spacial score (nSPS) is 20.5. The van der Waals surface area contributed by atoms with Gasteiger partial charge in [0.15, 0.2) is 0 Å². The fourth-order valence-electron chi connectivity index (χ4n) is 2.34. The van der Waals surface area contributed by atoms with E-state index in [4.69, 9.17) is 14.2 Å². The molecule has 0 aromatic heterocycles. The summed E-state index contributed by atoms with van der Waals surface area (Å²) in [6.45, 7) is 7.94. The first-order valence-corrected chi connectivity index (χ1v) is 8.08. The second-order valence-electron chi connectivity index (χ2n) is 7.00. The third-order valence-electron chi connectivity index (χ3n) is 3.49. The molecular weight excluding hydrogens is 310 g/mol. The molecular formula is C18H25NO5. The van der Waals surface area contributed by atoms with E-state index in [2.05, 4.69) is 5.32 Å². The lowest BCUT2D eigenvalue weighted by Crippen LogP contribution is -2.39. The summed E-state index contributed by atoms with van der Waals surface area (Å²) in [6, 6.07) is 7.07. The van der Waals surface area contributed by atoms with Gasteiger partial charge in [0, 0.05) is 0 Å². The predicted molar refractivity (Wildman–Crippen MR) is 89.0 cm³/mol. The summed E-state index contributed by atoms with van der Waals surface area (Å²) in [5, 5.41) is 2.76. The van der Waals surface area contributed by atoms with Gasteiger partial charge < -0.3 is 19.5 Å². The third-order valence-corrected chi connectivity index (χ3v) is 3.49. The molecule has 1 amide bonds. The predicted octanol–water partition coefficient (Wildman–Crippen LogP) is 2.83. The Bertz CT molecular complexity index is 576. The minimum Gasteiger partial charge on any atom is -0.459 e. The highest BCUT2D eigenvalue weighted by molar-refractivity contribution is 5.89. The number of carbonyl (C=O) groups excluding carboxylic acids is 2. The van der Waals surface area contributed by atoms with Crippen molar-refractivity contribution in [3.8, 4) is 0 Å². The zero-order valence-electron chi connectivity index (χ0n) is 14.6. The molecule has 6 nitrogen and oxygen atoms in total. The molecule has 2 atom stereocenters. The molecule has 1 N–H and O–H groups in total. The number of hydrogen-bond acceptors (Lipinski definition) is 5. The number of hydrogen-bond donors (Lipinski definition) is 1. The fraction of sp³-hybridized carbons (Fsp3) is 0.556. The molecule has 1 saturated heterocycles. The van der Waals surface area contributed by atoms with Gasteiger partial charge in [0.05, 0.1) is 24.3 Å². The first kappa shape index (κ1) is 18.3. The summed E-state index contributed by atoms with van der Waals surface area (Å²) in [6.07, 6.45) is -0.104. The molecule has 6 heteroatoms. The number of nitrogens with one attached hydrogen (secondary N) is 1. The summed E-state index contributed by atoms with van der Waals surface area (Å²) < 4.78 is 16.0. The number of rotatable bonds is 4. The fourth-order valence-corrected chi connectivity index (χ4v) is 2.34. The minimum atomic E-state index is -0.535. The van der Waals surface area contributed by atoms with E-state index in [0.717, 1.165) is 5.56 Å². The average molecular weight is 335 g/mol. The number of aryl methyl sites for hydroxylation is 1. The van der Waals surface area contributed by atoms with E-state index < -0.39 is 11.7 Å². The first-order chi connectivity index (χ1) is 11.2. The molecule has 1 aromatic rings. The molecule has 1 aromatic carbocycles. The Morgan fingerprint density at radius 3 is 2.54 bits per heavy atom. The lowest BCUT2D eigenvalue weighted by Gasteiger charge is -2.21. The standard InChI is InChI=1S/C18H25NO5/c1-12-5-7-13(8-6-12)16(20)23-11-15-9-14(10-22-15)19-17(21)24-18(2,3)4/h5-8,14-15H,9-11H2,1-4H3,(H,19,21). The van der Waals surface area contributed by atoms with Gasteiger partial charge in [-0.25, -0.2) is 9.59 Å². The van der Waals surface area contributed by atoms with Gasteiger partial charge in [-0.1, -0.05) is 17.7 Å². The lowest BCUT2D eigenvalue weighted by molar-refractivity contribution is 0.0158. The molecule has 0 radical (unpaired) electrons. The first-order valence-electron chi connectivity index (χ1n) is 8.08. The topological polar surface area (TPSA) is 73.9 Å². The summed E-state index contributed by atoms with van der Waals surface area (Å²) in [5.74, 6) is -0.373. The number of amides is 1. The van der Waals surface area contributed by atoms with Crippen LogP contribution in [0.3, 0.4) is 0 Å². The molecule has 1 aliphatic rings. The van der Waals surface area contributed by atoms with Crippen LogP contribution < -0.4 is 5.32 Å². The van der Waals surface area contributed by atoms with Gasteiger partial charge in [-0.05, 0) is 46.2 Å². The van der Waals surface area contributed by atoms with E-state index in [0.29, 0.717) is 18.6 Å². The van der Waals surface area contributed by atoms with Crippen molar-refractivity contribution in [2.45, 2.75) is 51.9 Å². The zero-order valence-corrected chi connectivity index (χ0v) is 14.6. The van der Waals surface area contributed by atoms with Gasteiger partial charge in [0.2, 0.25) is 0 Å². The molecule has 24 heavy (non-hydrogen) atoms. The minimum absolute atomic E-state index is 0.136. The van der Waals surface area contributed by atoms with E-state index in [1.165, 1.54) is 0 Å². The molecule has 1 fully saturated rings. The van der Waals surface area contributed by atoms with Crippen LogP contribution in [0.25, 0.3) is 0 Å². The third kappa shape index (κ3) is 5.85. The highest BCUT2D eigenvalue weighted by atomic mass is 16.6. The second kappa shape index (κ2) is 7.66. The maximum Gasteiger partial charge on any atom is 0.407 e. The van der Waals surface area contributed by atoms with E-state index in [1.54, 1.807) is 12.1 Å². The Morgan fingerprint density at radius 2 is 1.92 bits per heavy atom. The molecule has 2 rings (SSSR count).